The normalized spacial score (nSPS) is 11.2. The topological polar surface area (TPSA) is 51.2 Å². The van der Waals surface area contributed by atoms with Gasteiger partial charge in [0, 0.05) is 11.4 Å². The maximum Gasteiger partial charge on any atom is 0.248 e. The molecule has 0 aliphatic heterocycles. The first-order valence-corrected chi connectivity index (χ1v) is 5.73. The summed E-state index contributed by atoms with van der Waals surface area (Å²) in [6, 6.07) is 5.94. The van der Waals surface area contributed by atoms with Crippen molar-refractivity contribution in [3.8, 4) is 0 Å². The van der Waals surface area contributed by atoms with Crippen molar-refractivity contribution in [1.29, 1.82) is 0 Å². The number of rotatable bonds is 1. The van der Waals surface area contributed by atoms with E-state index in [1.165, 1.54) is 12.1 Å². The van der Waals surface area contributed by atoms with E-state index in [1.807, 2.05) is 0 Å². The zero-order chi connectivity index (χ0) is 10.1. The molecule has 0 aromatic heterocycles. The molecule has 0 heterocycles. The molecule has 0 fully saturated rings. The molecule has 13 heavy (non-hydrogen) atoms. The molecule has 5 heteroatoms. The van der Waals surface area contributed by atoms with E-state index in [1.54, 1.807) is 12.1 Å². The lowest BCUT2D eigenvalue weighted by atomic mass is 10.4. The summed E-state index contributed by atoms with van der Waals surface area (Å²) >= 11 is 3.17. The van der Waals surface area contributed by atoms with Gasteiger partial charge in [0.15, 0.2) is 0 Å². The van der Waals surface area contributed by atoms with E-state index in [9.17, 15) is 13.2 Å². The van der Waals surface area contributed by atoms with E-state index in [2.05, 4.69) is 15.9 Å². The molecule has 1 aromatic carbocycles. The second-order valence-corrected chi connectivity index (χ2v) is 5.42. The molecular formula is C8H7BrO3S. The Kier molecular flexibility index (Phi) is 2.87. The minimum absolute atomic E-state index is 0.0307. The Balaban J connectivity index is 3.25. The summed E-state index contributed by atoms with van der Waals surface area (Å²) in [5.74, 6) is 0. The zero-order valence-electron chi connectivity index (χ0n) is 6.82. The molecule has 0 atom stereocenters. The molecule has 0 aliphatic rings. The number of hydrogen-bond donors (Lipinski definition) is 0. The van der Waals surface area contributed by atoms with Crippen LogP contribution in [0.5, 0.6) is 0 Å². The van der Waals surface area contributed by atoms with Crippen molar-refractivity contribution in [2.75, 3.05) is 0 Å². The van der Waals surface area contributed by atoms with Crippen LogP contribution >= 0.6 is 15.9 Å². The maximum absolute atomic E-state index is 11.3. The average molecular weight is 263 g/mol. The van der Waals surface area contributed by atoms with E-state index < -0.39 is 15.0 Å². The Hall–Kier alpha value is -0.680. The molecule has 0 spiro atoms. The van der Waals surface area contributed by atoms with Gasteiger partial charge < -0.3 is 0 Å². The molecular weight excluding hydrogens is 256 g/mol. The zero-order valence-corrected chi connectivity index (χ0v) is 9.22. The number of halogens is 1. The summed E-state index contributed by atoms with van der Waals surface area (Å²) in [4.78, 5) is 10.8. The minimum Gasteiger partial charge on any atom is -0.282 e. The molecule has 0 amide bonds. The highest BCUT2D eigenvalue weighted by Crippen LogP contribution is 2.15. The van der Waals surface area contributed by atoms with Crippen molar-refractivity contribution < 1.29 is 13.2 Å². The van der Waals surface area contributed by atoms with Crippen LogP contribution < -0.4 is 0 Å². The van der Waals surface area contributed by atoms with Crippen LogP contribution in [0.15, 0.2) is 33.6 Å². The van der Waals surface area contributed by atoms with E-state index in [0.717, 1.165) is 11.4 Å². The summed E-state index contributed by atoms with van der Waals surface area (Å²) in [6.45, 7) is 1.04. The SMILES string of the molecule is CC(=O)S(=O)(=O)c1ccc(Br)cc1. The summed E-state index contributed by atoms with van der Waals surface area (Å²) in [7, 11) is -3.75. The van der Waals surface area contributed by atoms with Gasteiger partial charge in [-0.1, -0.05) is 15.9 Å². The molecule has 0 saturated heterocycles. The lowest BCUT2D eigenvalue weighted by Crippen LogP contribution is -2.10. The smallest absolute Gasteiger partial charge is 0.248 e. The molecule has 0 bridgehead atoms. The van der Waals surface area contributed by atoms with Crippen LogP contribution in [0.25, 0.3) is 0 Å². The predicted molar refractivity (Wildman–Crippen MR) is 52.0 cm³/mol. The minimum atomic E-state index is -3.75. The van der Waals surface area contributed by atoms with Gasteiger partial charge in [-0.2, -0.15) is 0 Å². The summed E-state index contributed by atoms with van der Waals surface area (Å²) in [5.41, 5.74) is 0. The highest BCUT2D eigenvalue weighted by molar-refractivity contribution is 9.10. The van der Waals surface area contributed by atoms with E-state index >= 15 is 0 Å². The van der Waals surface area contributed by atoms with Gasteiger partial charge in [-0.25, -0.2) is 8.42 Å². The first-order chi connectivity index (χ1) is 5.94. The fourth-order valence-corrected chi connectivity index (χ4v) is 1.87. The van der Waals surface area contributed by atoms with Gasteiger partial charge in [-0.3, -0.25) is 4.79 Å². The average Bonchev–Trinajstić information content (AvgIpc) is 2.04. The van der Waals surface area contributed by atoms with Crippen LogP contribution in [0.1, 0.15) is 6.92 Å². The maximum atomic E-state index is 11.3. The lowest BCUT2D eigenvalue weighted by molar-refractivity contribution is -0.109. The molecule has 3 nitrogen and oxygen atoms in total. The highest BCUT2D eigenvalue weighted by atomic mass is 79.9. The Labute approximate surface area is 84.8 Å². The van der Waals surface area contributed by atoms with E-state index in [0.29, 0.717) is 0 Å². The summed E-state index contributed by atoms with van der Waals surface area (Å²) in [5, 5.41) is -0.838. The third-order valence-corrected chi connectivity index (χ3v) is 3.68. The molecule has 0 saturated carbocycles. The number of hydrogen-bond acceptors (Lipinski definition) is 3. The van der Waals surface area contributed by atoms with Crippen LogP contribution in [-0.4, -0.2) is 13.5 Å². The molecule has 1 aromatic rings. The number of carbonyl (C=O) groups is 1. The van der Waals surface area contributed by atoms with Gasteiger partial charge in [-0.05, 0) is 24.3 Å². The molecule has 1 rings (SSSR count). The van der Waals surface area contributed by atoms with Crippen molar-refractivity contribution in [2.24, 2.45) is 0 Å². The summed E-state index contributed by atoms with van der Waals surface area (Å²) < 4.78 is 23.3. The largest absolute Gasteiger partial charge is 0.282 e. The third kappa shape index (κ3) is 2.16. The van der Waals surface area contributed by atoms with Crippen molar-refractivity contribution >= 4 is 30.9 Å². The molecule has 70 valence electrons. The van der Waals surface area contributed by atoms with Crippen molar-refractivity contribution in [2.45, 2.75) is 11.8 Å². The van der Waals surface area contributed by atoms with Gasteiger partial charge in [0.1, 0.15) is 0 Å². The van der Waals surface area contributed by atoms with Crippen molar-refractivity contribution in [3.05, 3.63) is 28.7 Å². The molecule has 0 aliphatic carbocycles. The monoisotopic (exact) mass is 262 g/mol. The Bertz CT molecular complexity index is 419. The Morgan fingerprint density at radius 3 is 2.08 bits per heavy atom. The first-order valence-electron chi connectivity index (χ1n) is 3.46. The van der Waals surface area contributed by atoms with Crippen LogP contribution in [0.2, 0.25) is 0 Å². The van der Waals surface area contributed by atoms with Gasteiger partial charge in [-0.15, -0.1) is 0 Å². The Morgan fingerprint density at radius 2 is 1.69 bits per heavy atom. The van der Waals surface area contributed by atoms with Gasteiger partial charge >= 0.3 is 0 Å². The van der Waals surface area contributed by atoms with Gasteiger partial charge in [0.05, 0.1) is 4.90 Å². The molecule has 0 unspecified atom stereocenters. The number of sulfone groups is 1. The molecule has 0 radical (unpaired) electrons. The first kappa shape index (κ1) is 10.4. The van der Waals surface area contributed by atoms with Crippen molar-refractivity contribution in [3.63, 3.8) is 0 Å². The van der Waals surface area contributed by atoms with E-state index in [-0.39, 0.29) is 4.90 Å². The summed E-state index contributed by atoms with van der Waals surface area (Å²) in [6.07, 6.45) is 0. The standard InChI is InChI=1S/C8H7BrO3S/c1-6(10)13(11,12)8-4-2-7(9)3-5-8/h2-5H,1H3. The molecule has 0 N–H and O–H groups in total. The van der Waals surface area contributed by atoms with Crippen molar-refractivity contribution in [1.82, 2.24) is 0 Å². The van der Waals surface area contributed by atoms with Crippen LogP contribution in [-0.2, 0) is 14.6 Å². The van der Waals surface area contributed by atoms with Gasteiger partial charge in [0.25, 0.3) is 0 Å². The van der Waals surface area contributed by atoms with Crippen LogP contribution in [0.4, 0.5) is 0 Å². The fraction of sp³-hybridized carbons (Fsp3) is 0.125. The highest BCUT2D eigenvalue weighted by Gasteiger charge is 2.19. The number of carbonyl (C=O) groups excluding carboxylic acids is 1. The second-order valence-electron chi connectivity index (χ2n) is 2.45. The van der Waals surface area contributed by atoms with Crippen LogP contribution in [0.3, 0.4) is 0 Å². The van der Waals surface area contributed by atoms with E-state index in [4.69, 9.17) is 0 Å². The quantitative estimate of drug-likeness (QED) is 0.775. The van der Waals surface area contributed by atoms with Crippen LogP contribution in [0, 0.1) is 0 Å². The Morgan fingerprint density at radius 1 is 1.23 bits per heavy atom. The lowest BCUT2D eigenvalue weighted by Gasteiger charge is -1.98. The fourth-order valence-electron chi connectivity index (χ4n) is 0.780. The third-order valence-electron chi connectivity index (χ3n) is 1.50. The second kappa shape index (κ2) is 3.59. The number of benzene rings is 1. The predicted octanol–water partition coefficient (Wildman–Crippen LogP) is 1.77. The van der Waals surface area contributed by atoms with Gasteiger partial charge in [0.2, 0.25) is 15.0 Å².